The molecule has 31 heavy (non-hydrogen) atoms. The molecule has 1 aliphatic rings. The van der Waals surface area contributed by atoms with E-state index in [1.807, 2.05) is 6.92 Å². The molecule has 9 heteroatoms. The molecule has 1 aliphatic heterocycles. The van der Waals surface area contributed by atoms with Crippen molar-refractivity contribution in [3.63, 3.8) is 0 Å². The lowest BCUT2D eigenvalue weighted by Gasteiger charge is -2.35. The molecule has 1 saturated heterocycles. The molecular weight excluding hydrogens is 517 g/mol. The Morgan fingerprint density at radius 2 is 2.06 bits per heavy atom. The maximum atomic E-state index is 12.8. The van der Waals surface area contributed by atoms with Gasteiger partial charge in [-0.1, -0.05) is 6.92 Å². The van der Waals surface area contributed by atoms with Crippen molar-refractivity contribution in [3.8, 4) is 11.5 Å². The van der Waals surface area contributed by atoms with E-state index >= 15 is 0 Å². The Bertz CT molecular complexity index is 677. The maximum absolute atomic E-state index is 12.8. The number of likely N-dealkylation sites (tertiary alicyclic amines) is 1. The summed E-state index contributed by atoms with van der Waals surface area (Å²) in [5, 5.41) is 6.56. The zero-order valence-electron chi connectivity index (χ0n) is 19.0. The number of benzene rings is 1. The highest BCUT2D eigenvalue weighted by Gasteiger charge is 2.21. The minimum Gasteiger partial charge on any atom is -0.493 e. The Balaban J connectivity index is 0.00000480. The summed E-state index contributed by atoms with van der Waals surface area (Å²) in [7, 11) is 1.70. The summed E-state index contributed by atoms with van der Waals surface area (Å²) in [6.07, 6.45) is 3.24. The molecule has 1 atom stereocenters. The van der Waals surface area contributed by atoms with Crippen molar-refractivity contribution >= 4 is 29.9 Å². The van der Waals surface area contributed by atoms with Crippen LogP contribution in [0.5, 0.6) is 11.5 Å². The number of halogens is 3. The second-order valence-electron chi connectivity index (χ2n) is 7.90. The monoisotopic (exact) mass is 554 g/mol. The molecule has 1 aromatic carbocycles. The summed E-state index contributed by atoms with van der Waals surface area (Å²) in [4.78, 5) is 6.76. The van der Waals surface area contributed by atoms with Crippen molar-refractivity contribution in [2.45, 2.75) is 59.2 Å². The fourth-order valence-corrected chi connectivity index (χ4v) is 3.57. The van der Waals surface area contributed by atoms with E-state index in [2.05, 4.69) is 34.4 Å². The van der Waals surface area contributed by atoms with Gasteiger partial charge in [0, 0.05) is 44.4 Å². The fraction of sp³-hybridized carbons (Fsp3) is 0.682. The van der Waals surface area contributed by atoms with Crippen LogP contribution in [-0.2, 0) is 6.54 Å². The van der Waals surface area contributed by atoms with Crippen LogP contribution in [0.2, 0.25) is 0 Å². The lowest BCUT2D eigenvalue weighted by Crippen LogP contribution is -2.46. The minimum atomic E-state index is -2.89. The van der Waals surface area contributed by atoms with E-state index in [1.165, 1.54) is 18.9 Å². The number of nitrogens with one attached hydrogen (secondary N) is 2. The van der Waals surface area contributed by atoms with Gasteiger partial charge in [-0.3, -0.25) is 4.99 Å². The first kappa shape index (κ1) is 27.7. The molecule has 1 fully saturated rings. The topological polar surface area (TPSA) is 58.1 Å². The van der Waals surface area contributed by atoms with Gasteiger partial charge in [-0.25, -0.2) is 0 Å². The summed E-state index contributed by atoms with van der Waals surface area (Å²) in [5.41, 5.74) is 0.616. The lowest BCUT2D eigenvalue weighted by atomic mass is 9.97. The van der Waals surface area contributed by atoms with Crippen LogP contribution in [0.3, 0.4) is 0 Å². The Hall–Kier alpha value is -1.36. The van der Waals surface area contributed by atoms with Gasteiger partial charge in [0.25, 0.3) is 0 Å². The third kappa shape index (κ3) is 9.76. The molecule has 0 aromatic heterocycles. The number of hydrogen-bond acceptors (Lipinski definition) is 4. The smallest absolute Gasteiger partial charge is 0.387 e. The van der Waals surface area contributed by atoms with Gasteiger partial charge in [0.2, 0.25) is 0 Å². The van der Waals surface area contributed by atoms with E-state index in [4.69, 9.17) is 9.47 Å². The fourth-order valence-electron chi connectivity index (χ4n) is 3.57. The van der Waals surface area contributed by atoms with Crippen LogP contribution in [0.1, 0.15) is 45.6 Å². The molecule has 0 amide bonds. The van der Waals surface area contributed by atoms with Crippen molar-refractivity contribution in [1.82, 2.24) is 15.5 Å². The zero-order valence-corrected chi connectivity index (χ0v) is 21.3. The standard InChI is InChI=1S/C22H36F2N4O2.HI/c1-5-11-29-19-9-8-18(20(12-19)30-21(23)24)14-27-22(25-4)26-13-17-7-6-10-28(15-17)16(2)3;/h8-9,12,16-17,21H,5-7,10-11,13-15H2,1-4H3,(H2,25,26,27);1H. The highest BCUT2D eigenvalue weighted by molar-refractivity contribution is 14.0. The number of alkyl halides is 2. The van der Waals surface area contributed by atoms with Crippen LogP contribution in [0.15, 0.2) is 23.2 Å². The molecule has 178 valence electrons. The molecule has 1 heterocycles. The summed E-state index contributed by atoms with van der Waals surface area (Å²) < 4.78 is 35.9. The van der Waals surface area contributed by atoms with Gasteiger partial charge in [0.1, 0.15) is 11.5 Å². The van der Waals surface area contributed by atoms with Crippen molar-refractivity contribution in [2.24, 2.45) is 10.9 Å². The Morgan fingerprint density at radius 1 is 1.29 bits per heavy atom. The lowest BCUT2D eigenvalue weighted by molar-refractivity contribution is -0.0505. The Morgan fingerprint density at radius 3 is 2.71 bits per heavy atom. The molecule has 0 saturated carbocycles. The quantitative estimate of drug-likeness (QED) is 0.254. The maximum Gasteiger partial charge on any atom is 0.387 e. The highest BCUT2D eigenvalue weighted by atomic mass is 127. The predicted molar refractivity (Wildman–Crippen MR) is 132 cm³/mol. The van der Waals surface area contributed by atoms with E-state index < -0.39 is 6.61 Å². The zero-order chi connectivity index (χ0) is 21.9. The van der Waals surface area contributed by atoms with E-state index in [-0.39, 0.29) is 29.7 Å². The molecule has 0 spiro atoms. The molecule has 0 bridgehead atoms. The molecule has 6 nitrogen and oxygen atoms in total. The largest absolute Gasteiger partial charge is 0.493 e. The number of hydrogen-bond donors (Lipinski definition) is 2. The van der Waals surface area contributed by atoms with Gasteiger partial charge < -0.3 is 25.0 Å². The highest BCUT2D eigenvalue weighted by Crippen LogP contribution is 2.26. The van der Waals surface area contributed by atoms with E-state index in [9.17, 15) is 8.78 Å². The molecular formula is C22H37F2IN4O2. The number of rotatable bonds is 10. The van der Waals surface area contributed by atoms with Crippen LogP contribution >= 0.6 is 24.0 Å². The number of ether oxygens (including phenoxy) is 2. The Kier molecular flexibility index (Phi) is 13.1. The number of piperidine rings is 1. The number of guanidine groups is 1. The first-order valence-corrected chi connectivity index (χ1v) is 10.8. The van der Waals surface area contributed by atoms with Crippen molar-refractivity contribution in [3.05, 3.63) is 23.8 Å². The van der Waals surface area contributed by atoms with Gasteiger partial charge in [-0.15, -0.1) is 24.0 Å². The van der Waals surface area contributed by atoms with Crippen LogP contribution in [0.4, 0.5) is 8.78 Å². The average molecular weight is 554 g/mol. The number of nitrogens with zero attached hydrogens (tertiary/aromatic N) is 2. The van der Waals surface area contributed by atoms with Crippen LogP contribution < -0.4 is 20.1 Å². The van der Waals surface area contributed by atoms with Crippen molar-refractivity contribution in [2.75, 3.05) is 33.3 Å². The molecule has 0 aliphatic carbocycles. The number of aliphatic imine (C=N–C) groups is 1. The normalized spacial score (nSPS) is 17.4. The molecule has 1 unspecified atom stereocenters. The first-order valence-electron chi connectivity index (χ1n) is 10.8. The van der Waals surface area contributed by atoms with Gasteiger partial charge in [-0.2, -0.15) is 8.78 Å². The molecule has 1 aromatic rings. The van der Waals surface area contributed by atoms with E-state index in [1.54, 1.807) is 19.2 Å². The Labute approximate surface area is 202 Å². The van der Waals surface area contributed by atoms with Crippen LogP contribution in [0, 0.1) is 5.92 Å². The van der Waals surface area contributed by atoms with Gasteiger partial charge in [-0.05, 0) is 57.7 Å². The van der Waals surface area contributed by atoms with Crippen LogP contribution in [0.25, 0.3) is 0 Å². The van der Waals surface area contributed by atoms with Gasteiger partial charge >= 0.3 is 6.61 Å². The summed E-state index contributed by atoms with van der Waals surface area (Å²) in [5.74, 6) is 1.84. The van der Waals surface area contributed by atoms with Crippen LogP contribution in [-0.4, -0.2) is 56.8 Å². The van der Waals surface area contributed by atoms with E-state index in [0.717, 1.165) is 26.1 Å². The summed E-state index contributed by atoms with van der Waals surface area (Å²) in [6.45, 7) is 7.46. The van der Waals surface area contributed by atoms with Crippen molar-refractivity contribution < 1.29 is 18.3 Å². The molecule has 2 rings (SSSR count). The van der Waals surface area contributed by atoms with E-state index in [0.29, 0.717) is 42.4 Å². The molecule has 0 radical (unpaired) electrons. The van der Waals surface area contributed by atoms with Crippen molar-refractivity contribution in [1.29, 1.82) is 0 Å². The van der Waals surface area contributed by atoms with Gasteiger partial charge in [0.05, 0.1) is 6.61 Å². The second-order valence-corrected chi connectivity index (χ2v) is 7.90. The summed E-state index contributed by atoms with van der Waals surface area (Å²) in [6, 6.07) is 5.58. The minimum absolute atomic E-state index is 0. The average Bonchev–Trinajstić information content (AvgIpc) is 2.73. The molecule has 2 N–H and O–H groups in total. The third-order valence-corrected chi connectivity index (χ3v) is 5.24. The summed E-state index contributed by atoms with van der Waals surface area (Å²) >= 11 is 0. The van der Waals surface area contributed by atoms with Gasteiger partial charge in [0.15, 0.2) is 5.96 Å². The third-order valence-electron chi connectivity index (χ3n) is 5.24. The first-order chi connectivity index (χ1) is 14.4. The second kappa shape index (κ2) is 14.7. The SMILES string of the molecule is CCCOc1ccc(CNC(=NC)NCC2CCCN(C(C)C)C2)c(OC(F)F)c1.I. The predicted octanol–water partition coefficient (Wildman–Crippen LogP) is 4.48.